The van der Waals surface area contributed by atoms with Gasteiger partial charge < -0.3 is 15.4 Å². The van der Waals surface area contributed by atoms with E-state index in [1.807, 2.05) is 33.0 Å². The average molecular weight is 321 g/mol. The van der Waals surface area contributed by atoms with E-state index in [4.69, 9.17) is 4.74 Å². The molecular weight excluding hydrogens is 294 g/mol. The lowest BCUT2D eigenvalue weighted by molar-refractivity contribution is 0.242. The van der Waals surface area contributed by atoms with Crippen LogP contribution in [0.1, 0.15) is 32.3 Å². The number of nitrogens with zero attached hydrogens (tertiary/aromatic N) is 1. The van der Waals surface area contributed by atoms with E-state index in [9.17, 15) is 0 Å². The van der Waals surface area contributed by atoms with Gasteiger partial charge in [0, 0.05) is 25.4 Å². The summed E-state index contributed by atoms with van der Waals surface area (Å²) in [6.07, 6.45) is 2.86. The van der Waals surface area contributed by atoms with Crippen molar-refractivity contribution in [1.82, 2.24) is 10.6 Å². The topological polar surface area (TPSA) is 45.7 Å². The Morgan fingerprint density at radius 3 is 2.68 bits per heavy atom. The standard InChI is InChI=1S/C17H27N3OS/c1-13(2)21-15-8-6-14(7-9-15)11-19-17(18-3)20-12-16-5-4-10-22-16/h6-9,13,16H,4-5,10-12H2,1-3H3,(H2,18,19,20). The van der Waals surface area contributed by atoms with Crippen LogP contribution in [0.2, 0.25) is 0 Å². The van der Waals surface area contributed by atoms with Gasteiger partial charge in [0.1, 0.15) is 5.75 Å². The molecule has 0 aromatic heterocycles. The van der Waals surface area contributed by atoms with Crippen molar-refractivity contribution in [2.75, 3.05) is 19.3 Å². The van der Waals surface area contributed by atoms with Gasteiger partial charge >= 0.3 is 0 Å². The molecule has 4 nitrogen and oxygen atoms in total. The number of rotatable bonds is 6. The molecule has 2 rings (SSSR count). The number of ether oxygens (including phenoxy) is 1. The number of aliphatic imine (C=N–C) groups is 1. The van der Waals surface area contributed by atoms with Gasteiger partial charge in [0.05, 0.1) is 6.10 Å². The molecule has 1 unspecified atom stereocenters. The highest BCUT2D eigenvalue weighted by Crippen LogP contribution is 2.25. The van der Waals surface area contributed by atoms with Crippen molar-refractivity contribution < 1.29 is 4.74 Å². The van der Waals surface area contributed by atoms with Gasteiger partial charge in [-0.05, 0) is 50.1 Å². The fraction of sp³-hybridized carbons (Fsp3) is 0.588. The number of hydrogen-bond acceptors (Lipinski definition) is 3. The molecule has 1 aromatic rings. The Labute approximate surface area is 138 Å². The molecular formula is C17H27N3OS. The van der Waals surface area contributed by atoms with Crippen LogP contribution in [-0.2, 0) is 6.54 Å². The predicted octanol–water partition coefficient (Wildman–Crippen LogP) is 3.03. The Bertz CT molecular complexity index is 467. The molecule has 0 aliphatic carbocycles. The van der Waals surface area contributed by atoms with Crippen LogP contribution >= 0.6 is 11.8 Å². The normalized spacial score (nSPS) is 18.5. The molecule has 0 bridgehead atoms. The van der Waals surface area contributed by atoms with Crippen LogP contribution in [0.15, 0.2) is 29.3 Å². The number of thioether (sulfide) groups is 1. The summed E-state index contributed by atoms with van der Waals surface area (Å²) in [5, 5.41) is 7.50. The van der Waals surface area contributed by atoms with Gasteiger partial charge in [-0.15, -0.1) is 0 Å². The minimum atomic E-state index is 0.209. The third-order valence-corrected chi connectivity index (χ3v) is 4.90. The zero-order valence-electron chi connectivity index (χ0n) is 13.8. The molecule has 1 fully saturated rings. The predicted molar refractivity (Wildman–Crippen MR) is 95.9 cm³/mol. The first kappa shape index (κ1) is 17.0. The molecule has 1 heterocycles. The SMILES string of the molecule is CN=C(NCc1ccc(OC(C)C)cc1)NCC1CCCS1. The lowest BCUT2D eigenvalue weighted by atomic mass is 10.2. The molecule has 0 amide bonds. The van der Waals surface area contributed by atoms with Crippen molar-refractivity contribution in [3.8, 4) is 5.75 Å². The second-order valence-electron chi connectivity index (χ2n) is 5.75. The zero-order valence-corrected chi connectivity index (χ0v) is 14.6. The minimum absolute atomic E-state index is 0.209. The van der Waals surface area contributed by atoms with Gasteiger partial charge in [-0.1, -0.05) is 12.1 Å². The highest BCUT2D eigenvalue weighted by molar-refractivity contribution is 8.00. The van der Waals surface area contributed by atoms with Crippen molar-refractivity contribution in [1.29, 1.82) is 0 Å². The van der Waals surface area contributed by atoms with Gasteiger partial charge in [0.25, 0.3) is 0 Å². The van der Waals surface area contributed by atoms with E-state index in [1.54, 1.807) is 0 Å². The third-order valence-electron chi connectivity index (χ3n) is 3.50. The van der Waals surface area contributed by atoms with Crippen LogP contribution in [0.25, 0.3) is 0 Å². The molecule has 0 saturated carbocycles. The number of guanidine groups is 1. The first-order valence-corrected chi connectivity index (χ1v) is 9.04. The van der Waals surface area contributed by atoms with Gasteiger partial charge in [0.2, 0.25) is 0 Å². The Morgan fingerprint density at radius 2 is 2.09 bits per heavy atom. The summed E-state index contributed by atoms with van der Waals surface area (Å²) in [4.78, 5) is 4.28. The van der Waals surface area contributed by atoms with Gasteiger partial charge in [-0.25, -0.2) is 0 Å². The summed E-state index contributed by atoms with van der Waals surface area (Å²) in [7, 11) is 1.82. The van der Waals surface area contributed by atoms with E-state index < -0.39 is 0 Å². The fourth-order valence-electron chi connectivity index (χ4n) is 2.38. The molecule has 2 N–H and O–H groups in total. The zero-order chi connectivity index (χ0) is 15.8. The van der Waals surface area contributed by atoms with Crippen LogP contribution in [0.3, 0.4) is 0 Å². The highest BCUT2D eigenvalue weighted by atomic mass is 32.2. The molecule has 5 heteroatoms. The average Bonchev–Trinajstić information content (AvgIpc) is 3.02. The first-order valence-electron chi connectivity index (χ1n) is 7.99. The second kappa shape index (κ2) is 8.93. The van der Waals surface area contributed by atoms with E-state index in [0.29, 0.717) is 0 Å². The van der Waals surface area contributed by atoms with Crippen LogP contribution in [0, 0.1) is 0 Å². The van der Waals surface area contributed by atoms with E-state index in [2.05, 4.69) is 39.5 Å². The lowest BCUT2D eigenvalue weighted by Gasteiger charge is -2.15. The quantitative estimate of drug-likeness (QED) is 0.624. The van der Waals surface area contributed by atoms with E-state index in [-0.39, 0.29) is 6.10 Å². The van der Waals surface area contributed by atoms with Crippen LogP contribution in [0.5, 0.6) is 5.75 Å². The summed E-state index contributed by atoms with van der Waals surface area (Å²) in [6, 6.07) is 8.21. The van der Waals surface area contributed by atoms with Crippen LogP contribution in [0.4, 0.5) is 0 Å². The molecule has 1 atom stereocenters. The molecule has 0 radical (unpaired) electrons. The molecule has 1 saturated heterocycles. The lowest BCUT2D eigenvalue weighted by Crippen LogP contribution is -2.39. The van der Waals surface area contributed by atoms with E-state index in [0.717, 1.165) is 30.0 Å². The molecule has 1 aliphatic heterocycles. The fourth-order valence-corrected chi connectivity index (χ4v) is 3.58. The third kappa shape index (κ3) is 5.79. The summed E-state index contributed by atoms with van der Waals surface area (Å²) >= 11 is 2.06. The number of hydrogen-bond donors (Lipinski definition) is 2. The van der Waals surface area contributed by atoms with Crippen molar-refractivity contribution in [2.45, 2.75) is 44.6 Å². The monoisotopic (exact) mass is 321 g/mol. The van der Waals surface area contributed by atoms with E-state index >= 15 is 0 Å². The van der Waals surface area contributed by atoms with Crippen molar-refractivity contribution in [3.05, 3.63) is 29.8 Å². The van der Waals surface area contributed by atoms with E-state index in [1.165, 1.54) is 24.2 Å². The Hall–Kier alpha value is -1.36. The maximum Gasteiger partial charge on any atom is 0.191 e. The molecule has 1 aliphatic rings. The Kier molecular flexibility index (Phi) is 6.90. The summed E-state index contributed by atoms with van der Waals surface area (Å²) in [5.41, 5.74) is 1.22. The summed E-state index contributed by atoms with van der Waals surface area (Å²) in [5.74, 6) is 3.08. The van der Waals surface area contributed by atoms with Crippen molar-refractivity contribution in [3.63, 3.8) is 0 Å². The van der Waals surface area contributed by atoms with Gasteiger partial charge in [-0.3, -0.25) is 4.99 Å². The van der Waals surface area contributed by atoms with Crippen molar-refractivity contribution >= 4 is 17.7 Å². The first-order chi connectivity index (χ1) is 10.7. The largest absolute Gasteiger partial charge is 0.491 e. The Morgan fingerprint density at radius 1 is 1.32 bits per heavy atom. The summed E-state index contributed by atoms with van der Waals surface area (Å²) < 4.78 is 5.65. The van der Waals surface area contributed by atoms with Crippen molar-refractivity contribution in [2.24, 2.45) is 4.99 Å². The molecule has 1 aromatic carbocycles. The molecule has 122 valence electrons. The Balaban J connectivity index is 1.75. The maximum absolute atomic E-state index is 5.65. The van der Waals surface area contributed by atoms with Crippen LogP contribution in [-0.4, -0.2) is 36.7 Å². The molecule has 0 spiro atoms. The maximum atomic E-state index is 5.65. The second-order valence-corrected chi connectivity index (χ2v) is 7.16. The van der Waals surface area contributed by atoms with Gasteiger partial charge in [-0.2, -0.15) is 11.8 Å². The number of benzene rings is 1. The number of nitrogens with one attached hydrogen (secondary N) is 2. The highest BCUT2D eigenvalue weighted by Gasteiger charge is 2.15. The smallest absolute Gasteiger partial charge is 0.191 e. The minimum Gasteiger partial charge on any atom is -0.491 e. The van der Waals surface area contributed by atoms with Gasteiger partial charge in [0.15, 0.2) is 5.96 Å². The summed E-state index contributed by atoms with van der Waals surface area (Å²) in [6.45, 7) is 5.83. The molecule has 22 heavy (non-hydrogen) atoms. The van der Waals surface area contributed by atoms with Crippen LogP contribution < -0.4 is 15.4 Å².